The van der Waals surface area contributed by atoms with Crippen molar-refractivity contribution in [3.05, 3.63) is 40.0 Å². The van der Waals surface area contributed by atoms with Gasteiger partial charge in [-0.1, -0.05) is 35.8 Å². The number of aliphatic hydroxyl groups excluding tert-OH is 2. The number of fused-ring (bicyclic) bond motifs is 1. The van der Waals surface area contributed by atoms with Crippen LogP contribution in [0.1, 0.15) is 50.5 Å². The smallest absolute Gasteiger partial charge is 0.243 e. The summed E-state index contributed by atoms with van der Waals surface area (Å²) in [5.41, 5.74) is 1.63. The van der Waals surface area contributed by atoms with Crippen molar-refractivity contribution in [1.29, 1.82) is 5.26 Å². The van der Waals surface area contributed by atoms with Crippen LogP contribution in [0.4, 0.5) is 0 Å². The van der Waals surface area contributed by atoms with E-state index < -0.39 is 24.5 Å². The minimum atomic E-state index is -0.950. The zero-order valence-electron chi connectivity index (χ0n) is 17.3. The standard InChI is InChI=1S/C22H29BrN4O3/c1-13(2)9-19(21(29)26-17(12-24)11-15-5-7-25-20(15)28)27-8-6-14-10-16(23)3-4-18(14)22(27)30/h3-4,6,8,10,13,15,17,19-20,22,25,28,30H,5,7,9,11H2,1-2H3,(H,26,29)/t15-,17-,19-,20-,22-/m0/s1. The monoisotopic (exact) mass is 476 g/mol. The van der Waals surface area contributed by atoms with E-state index in [-0.39, 0.29) is 17.7 Å². The number of aliphatic hydroxyl groups is 2. The number of nitrogens with one attached hydrogen (secondary N) is 2. The third kappa shape index (κ3) is 5.22. The summed E-state index contributed by atoms with van der Waals surface area (Å²) in [4.78, 5) is 14.8. The van der Waals surface area contributed by atoms with Crippen LogP contribution in [0.3, 0.4) is 0 Å². The Morgan fingerprint density at radius 3 is 2.83 bits per heavy atom. The molecule has 2 aliphatic heterocycles. The molecule has 5 atom stereocenters. The van der Waals surface area contributed by atoms with Crippen molar-refractivity contribution in [3.63, 3.8) is 0 Å². The summed E-state index contributed by atoms with van der Waals surface area (Å²) in [6.45, 7) is 4.75. The van der Waals surface area contributed by atoms with Crippen LogP contribution >= 0.6 is 15.9 Å². The second-order valence-electron chi connectivity index (χ2n) is 8.43. The third-order valence-electron chi connectivity index (χ3n) is 5.72. The van der Waals surface area contributed by atoms with Gasteiger partial charge in [0.1, 0.15) is 18.3 Å². The highest BCUT2D eigenvalue weighted by molar-refractivity contribution is 9.10. The minimum Gasteiger partial charge on any atom is -0.378 e. The normalized spacial score (nSPS) is 25.0. The fourth-order valence-corrected chi connectivity index (χ4v) is 4.50. The lowest BCUT2D eigenvalue weighted by Crippen LogP contribution is -2.50. The van der Waals surface area contributed by atoms with Gasteiger partial charge in [0.2, 0.25) is 5.91 Å². The number of nitrogens with zero attached hydrogens (tertiary/aromatic N) is 2. The van der Waals surface area contributed by atoms with Crippen LogP contribution in [0, 0.1) is 23.2 Å². The van der Waals surface area contributed by atoms with Crippen LogP contribution in [0.5, 0.6) is 0 Å². The lowest BCUT2D eigenvalue weighted by atomic mass is 9.95. The van der Waals surface area contributed by atoms with Gasteiger partial charge in [0.05, 0.1) is 6.07 Å². The molecular weight excluding hydrogens is 448 g/mol. The van der Waals surface area contributed by atoms with Gasteiger partial charge in [-0.3, -0.25) is 10.1 Å². The Bertz CT molecular complexity index is 838. The maximum absolute atomic E-state index is 13.2. The molecule has 30 heavy (non-hydrogen) atoms. The number of halogens is 1. The number of hydrogen-bond donors (Lipinski definition) is 4. The molecule has 7 nitrogen and oxygen atoms in total. The van der Waals surface area contributed by atoms with E-state index in [1.165, 1.54) is 0 Å². The molecule has 1 saturated heterocycles. The van der Waals surface area contributed by atoms with Crippen LogP contribution in [0.2, 0.25) is 0 Å². The molecule has 4 N–H and O–H groups in total. The van der Waals surface area contributed by atoms with Crippen LogP contribution in [0.15, 0.2) is 28.9 Å². The van der Waals surface area contributed by atoms with Gasteiger partial charge in [0.25, 0.3) is 0 Å². The Hall–Kier alpha value is -1.92. The number of carbonyl (C=O) groups is 1. The van der Waals surface area contributed by atoms with E-state index in [4.69, 9.17) is 0 Å². The van der Waals surface area contributed by atoms with Crippen molar-refractivity contribution < 1.29 is 15.0 Å². The van der Waals surface area contributed by atoms with Gasteiger partial charge < -0.3 is 20.4 Å². The summed E-state index contributed by atoms with van der Waals surface area (Å²) in [5.74, 6) is -0.140. The molecule has 0 unspecified atom stereocenters. The van der Waals surface area contributed by atoms with Gasteiger partial charge in [-0.05, 0) is 55.5 Å². The zero-order chi connectivity index (χ0) is 21.8. The first kappa shape index (κ1) is 22.8. The van der Waals surface area contributed by atoms with E-state index in [1.807, 2.05) is 38.1 Å². The van der Waals surface area contributed by atoms with Crippen molar-refractivity contribution in [1.82, 2.24) is 15.5 Å². The summed E-state index contributed by atoms with van der Waals surface area (Å²) >= 11 is 3.44. The molecule has 8 heteroatoms. The molecule has 1 amide bonds. The van der Waals surface area contributed by atoms with Gasteiger partial charge in [-0.15, -0.1) is 0 Å². The van der Waals surface area contributed by atoms with E-state index in [1.54, 1.807) is 11.1 Å². The number of hydrogen-bond acceptors (Lipinski definition) is 6. The maximum Gasteiger partial charge on any atom is 0.243 e. The second-order valence-corrected chi connectivity index (χ2v) is 9.34. The molecule has 0 radical (unpaired) electrons. The van der Waals surface area contributed by atoms with Crippen molar-refractivity contribution >= 4 is 27.9 Å². The van der Waals surface area contributed by atoms with Crippen LogP contribution in [-0.4, -0.2) is 45.9 Å². The van der Waals surface area contributed by atoms with E-state index in [0.717, 1.165) is 22.0 Å². The molecule has 0 bridgehead atoms. The molecule has 162 valence electrons. The number of amides is 1. The highest BCUT2D eigenvalue weighted by Crippen LogP contribution is 2.33. The lowest BCUT2D eigenvalue weighted by molar-refractivity contribution is -0.130. The fraction of sp³-hybridized carbons (Fsp3) is 0.545. The van der Waals surface area contributed by atoms with E-state index in [9.17, 15) is 20.3 Å². The summed E-state index contributed by atoms with van der Waals surface area (Å²) in [6, 6.07) is 6.48. The van der Waals surface area contributed by atoms with Crippen LogP contribution in [0.25, 0.3) is 6.08 Å². The molecule has 0 saturated carbocycles. The first-order valence-corrected chi connectivity index (χ1v) is 11.1. The summed E-state index contributed by atoms with van der Waals surface area (Å²) < 4.78 is 0.920. The summed E-state index contributed by atoms with van der Waals surface area (Å²) in [6.07, 6.45) is 3.73. The quantitative estimate of drug-likeness (QED) is 0.481. The van der Waals surface area contributed by atoms with E-state index >= 15 is 0 Å². The first-order chi connectivity index (χ1) is 14.3. The van der Waals surface area contributed by atoms with Gasteiger partial charge in [-0.25, -0.2) is 0 Å². The Kier molecular flexibility index (Phi) is 7.53. The summed E-state index contributed by atoms with van der Waals surface area (Å²) in [5, 5.41) is 36.3. The Morgan fingerprint density at radius 1 is 1.43 bits per heavy atom. The molecule has 2 aliphatic rings. The van der Waals surface area contributed by atoms with E-state index in [2.05, 4.69) is 32.6 Å². The maximum atomic E-state index is 13.2. The summed E-state index contributed by atoms with van der Waals surface area (Å²) in [7, 11) is 0. The second kappa shape index (κ2) is 9.92. The Morgan fingerprint density at radius 2 is 2.20 bits per heavy atom. The molecule has 0 aliphatic carbocycles. The zero-order valence-corrected chi connectivity index (χ0v) is 18.8. The van der Waals surface area contributed by atoms with Gasteiger partial charge in [0.15, 0.2) is 6.23 Å². The molecule has 1 aromatic rings. The Labute approximate surface area is 185 Å². The molecule has 0 spiro atoms. The van der Waals surface area contributed by atoms with Crippen LogP contribution in [-0.2, 0) is 4.79 Å². The fourth-order valence-electron chi connectivity index (χ4n) is 4.12. The molecular formula is C22H29BrN4O3. The topological polar surface area (TPSA) is 109 Å². The molecule has 3 rings (SSSR count). The molecule has 1 fully saturated rings. The number of carbonyl (C=O) groups excluding carboxylic acids is 1. The van der Waals surface area contributed by atoms with Crippen molar-refractivity contribution in [2.75, 3.05) is 6.54 Å². The highest BCUT2D eigenvalue weighted by atomic mass is 79.9. The average Bonchev–Trinajstić information content (AvgIpc) is 3.10. The first-order valence-electron chi connectivity index (χ1n) is 10.3. The average molecular weight is 477 g/mol. The number of nitriles is 1. The molecule has 2 heterocycles. The third-order valence-corrected chi connectivity index (χ3v) is 6.21. The van der Waals surface area contributed by atoms with Gasteiger partial charge in [-0.2, -0.15) is 5.26 Å². The highest BCUT2D eigenvalue weighted by Gasteiger charge is 2.34. The number of rotatable bonds is 7. The molecule has 1 aromatic carbocycles. The number of benzene rings is 1. The minimum absolute atomic E-state index is 0.0655. The Balaban J connectivity index is 1.76. The van der Waals surface area contributed by atoms with Gasteiger partial charge in [0, 0.05) is 22.2 Å². The van der Waals surface area contributed by atoms with Crippen LogP contribution < -0.4 is 10.6 Å². The largest absolute Gasteiger partial charge is 0.378 e. The van der Waals surface area contributed by atoms with Crippen molar-refractivity contribution in [2.24, 2.45) is 11.8 Å². The predicted octanol–water partition coefficient (Wildman–Crippen LogP) is 2.47. The van der Waals surface area contributed by atoms with Crippen molar-refractivity contribution in [2.45, 2.75) is 57.6 Å². The lowest BCUT2D eigenvalue weighted by Gasteiger charge is -2.38. The van der Waals surface area contributed by atoms with Gasteiger partial charge >= 0.3 is 0 Å². The predicted molar refractivity (Wildman–Crippen MR) is 117 cm³/mol. The molecule has 0 aromatic heterocycles. The SMILES string of the molecule is CC(C)C[C@@H](C(=O)N[C@H](C#N)C[C@@H]1CCN[C@H]1O)N1C=Cc2cc(Br)ccc2[C@@H]1O. The van der Waals surface area contributed by atoms with Crippen molar-refractivity contribution in [3.8, 4) is 6.07 Å². The van der Waals surface area contributed by atoms with E-state index in [0.29, 0.717) is 19.4 Å².